The lowest BCUT2D eigenvalue weighted by Crippen LogP contribution is -2.55. The minimum absolute atomic E-state index is 0.00438. The van der Waals surface area contributed by atoms with Crippen molar-refractivity contribution in [3.63, 3.8) is 0 Å². The Morgan fingerprint density at radius 3 is 2.19 bits per heavy atom. The molecule has 0 saturated heterocycles. The smallest absolute Gasteiger partial charge is 0.264 e. The van der Waals surface area contributed by atoms with Crippen molar-refractivity contribution in [2.75, 3.05) is 10.8 Å². The van der Waals surface area contributed by atoms with Gasteiger partial charge in [0, 0.05) is 24.0 Å². The van der Waals surface area contributed by atoms with Gasteiger partial charge in [-0.05, 0) is 79.4 Å². The highest BCUT2D eigenvalue weighted by atomic mass is 35.5. The highest BCUT2D eigenvalue weighted by molar-refractivity contribution is 7.92. The third-order valence-corrected chi connectivity index (χ3v) is 10.5. The lowest BCUT2D eigenvalue weighted by Gasteiger charge is -2.35. The number of carbonyl (C=O) groups excluding carboxylic acids is 2. The molecule has 0 aliphatic heterocycles. The van der Waals surface area contributed by atoms with Gasteiger partial charge in [0.1, 0.15) is 18.4 Å². The van der Waals surface area contributed by atoms with Crippen LogP contribution < -0.4 is 9.62 Å². The Labute approximate surface area is 281 Å². The molecule has 0 radical (unpaired) electrons. The van der Waals surface area contributed by atoms with Gasteiger partial charge in [0.2, 0.25) is 11.8 Å². The van der Waals surface area contributed by atoms with E-state index in [1.807, 2.05) is 43.3 Å². The summed E-state index contributed by atoms with van der Waals surface area (Å²) in [7, 11) is -4.28. The molecule has 5 rings (SSSR count). The molecule has 0 heterocycles. The van der Waals surface area contributed by atoms with Crippen LogP contribution in [0.5, 0.6) is 0 Å². The molecular formula is C37H39ClFN3O4S. The normalized spacial score (nSPS) is 14.3. The predicted molar refractivity (Wildman–Crippen MR) is 183 cm³/mol. The van der Waals surface area contributed by atoms with Crippen molar-refractivity contribution in [1.29, 1.82) is 0 Å². The van der Waals surface area contributed by atoms with Crippen LogP contribution in [0, 0.1) is 12.7 Å². The minimum Gasteiger partial charge on any atom is -0.352 e. The van der Waals surface area contributed by atoms with Gasteiger partial charge >= 0.3 is 0 Å². The maximum Gasteiger partial charge on any atom is 0.264 e. The molecule has 1 fully saturated rings. The van der Waals surface area contributed by atoms with Crippen LogP contribution in [0.25, 0.3) is 0 Å². The van der Waals surface area contributed by atoms with Crippen LogP contribution in [-0.2, 0) is 32.6 Å². The van der Waals surface area contributed by atoms with Crippen molar-refractivity contribution in [2.24, 2.45) is 0 Å². The lowest BCUT2D eigenvalue weighted by molar-refractivity contribution is -0.140. The molecule has 0 spiro atoms. The molecule has 4 aromatic rings. The summed E-state index contributed by atoms with van der Waals surface area (Å²) in [6.45, 7) is 1.23. The summed E-state index contributed by atoms with van der Waals surface area (Å²) in [6.07, 6.45) is 5.09. The molecule has 1 aliphatic rings. The zero-order valence-electron chi connectivity index (χ0n) is 26.3. The Morgan fingerprint density at radius 1 is 0.872 bits per heavy atom. The van der Waals surface area contributed by atoms with Gasteiger partial charge in [-0.2, -0.15) is 0 Å². The molecule has 1 aliphatic carbocycles. The number of hydrogen-bond acceptors (Lipinski definition) is 4. The van der Waals surface area contributed by atoms with Crippen molar-refractivity contribution in [3.8, 4) is 0 Å². The van der Waals surface area contributed by atoms with Crippen LogP contribution in [0.15, 0.2) is 108 Å². The number of aryl methyl sites for hydroxylation is 1. The Morgan fingerprint density at radius 2 is 1.53 bits per heavy atom. The van der Waals surface area contributed by atoms with Crippen LogP contribution in [0.3, 0.4) is 0 Å². The standard InChI is InChI=1S/C37H39ClFN3O4S/c1-27-15-21-34(22-16-27)47(45,46)42(33-19-17-31(39)18-20-33)26-36(43)41(25-29-11-8-12-30(38)23-29)35(24-28-9-4-2-5-10-28)37(44)40-32-13-6-3-7-14-32/h2,4-5,8-12,15-23,32,35H,3,6-7,13-14,24-26H2,1H3,(H,40,44). The average Bonchev–Trinajstić information content (AvgIpc) is 3.06. The van der Waals surface area contributed by atoms with Gasteiger partial charge in [-0.15, -0.1) is 0 Å². The molecule has 246 valence electrons. The second-order valence-corrected chi connectivity index (χ2v) is 14.3. The van der Waals surface area contributed by atoms with E-state index in [1.54, 1.807) is 30.3 Å². The van der Waals surface area contributed by atoms with Gasteiger partial charge in [0.25, 0.3) is 10.0 Å². The number of nitrogens with one attached hydrogen (secondary N) is 1. The molecule has 7 nitrogen and oxygen atoms in total. The quantitative estimate of drug-likeness (QED) is 0.174. The van der Waals surface area contributed by atoms with Crippen LogP contribution in [0.2, 0.25) is 5.02 Å². The van der Waals surface area contributed by atoms with Gasteiger partial charge in [-0.25, -0.2) is 12.8 Å². The SMILES string of the molecule is Cc1ccc(S(=O)(=O)N(CC(=O)N(Cc2cccc(Cl)c2)C(Cc2ccccc2)C(=O)NC2CCCCC2)c2ccc(F)cc2)cc1. The number of amides is 2. The molecule has 10 heteroatoms. The number of rotatable bonds is 12. The fraction of sp³-hybridized carbons (Fsp3) is 0.297. The number of halogens is 2. The summed E-state index contributed by atoms with van der Waals surface area (Å²) in [6, 6.07) is 26.7. The molecular weight excluding hydrogens is 637 g/mol. The predicted octanol–water partition coefficient (Wildman–Crippen LogP) is 7.07. The second-order valence-electron chi connectivity index (χ2n) is 12.0. The topological polar surface area (TPSA) is 86.8 Å². The maximum atomic E-state index is 14.6. The zero-order valence-corrected chi connectivity index (χ0v) is 27.9. The summed E-state index contributed by atoms with van der Waals surface area (Å²) < 4.78 is 43.2. The Balaban J connectivity index is 1.56. The molecule has 0 bridgehead atoms. The second kappa shape index (κ2) is 15.6. The van der Waals surface area contributed by atoms with E-state index in [0.29, 0.717) is 10.6 Å². The molecule has 0 aromatic heterocycles. The van der Waals surface area contributed by atoms with Crippen LogP contribution in [-0.4, -0.2) is 43.8 Å². The first-order chi connectivity index (χ1) is 22.6. The van der Waals surface area contributed by atoms with Crippen molar-refractivity contribution in [1.82, 2.24) is 10.2 Å². The number of nitrogens with zero attached hydrogens (tertiary/aromatic N) is 2. The van der Waals surface area contributed by atoms with Gasteiger partial charge in [-0.3, -0.25) is 13.9 Å². The first-order valence-corrected chi connectivity index (χ1v) is 17.6. The lowest BCUT2D eigenvalue weighted by atomic mass is 9.94. The van der Waals surface area contributed by atoms with E-state index >= 15 is 0 Å². The van der Waals surface area contributed by atoms with Crippen LogP contribution >= 0.6 is 11.6 Å². The Bertz CT molecular complexity index is 1760. The van der Waals surface area contributed by atoms with Gasteiger partial charge < -0.3 is 10.2 Å². The van der Waals surface area contributed by atoms with E-state index in [1.165, 1.54) is 29.2 Å². The highest BCUT2D eigenvalue weighted by Crippen LogP contribution is 2.26. The van der Waals surface area contributed by atoms with Crippen molar-refractivity contribution < 1.29 is 22.4 Å². The Hall–Kier alpha value is -4.21. The third kappa shape index (κ3) is 8.99. The first kappa shape index (κ1) is 34.1. The molecule has 1 saturated carbocycles. The molecule has 1 N–H and O–H groups in total. The summed E-state index contributed by atoms with van der Waals surface area (Å²) >= 11 is 6.32. The van der Waals surface area contributed by atoms with Gasteiger partial charge in [0.05, 0.1) is 10.6 Å². The minimum atomic E-state index is -4.28. The first-order valence-electron chi connectivity index (χ1n) is 15.8. The number of anilines is 1. The van der Waals surface area contributed by atoms with E-state index in [4.69, 9.17) is 11.6 Å². The zero-order chi connectivity index (χ0) is 33.4. The van der Waals surface area contributed by atoms with Gasteiger partial charge in [0.15, 0.2) is 0 Å². The highest BCUT2D eigenvalue weighted by Gasteiger charge is 2.35. The summed E-state index contributed by atoms with van der Waals surface area (Å²) in [5.41, 5.74) is 2.52. The third-order valence-electron chi connectivity index (χ3n) is 8.47. The summed E-state index contributed by atoms with van der Waals surface area (Å²) in [5, 5.41) is 3.66. The molecule has 1 atom stereocenters. The largest absolute Gasteiger partial charge is 0.352 e. The summed E-state index contributed by atoms with van der Waals surface area (Å²) in [5.74, 6) is -1.44. The van der Waals surface area contributed by atoms with Gasteiger partial charge in [-0.1, -0.05) is 91.0 Å². The number of hydrogen-bond donors (Lipinski definition) is 1. The van der Waals surface area contributed by atoms with E-state index in [0.717, 1.165) is 59.7 Å². The van der Waals surface area contributed by atoms with E-state index < -0.39 is 34.3 Å². The van der Waals surface area contributed by atoms with Crippen LogP contribution in [0.1, 0.15) is 48.8 Å². The number of benzene rings is 4. The monoisotopic (exact) mass is 675 g/mol. The Kier molecular flexibility index (Phi) is 11.3. The van der Waals surface area contributed by atoms with Crippen molar-refractivity contribution >= 4 is 39.1 Å². The van der Waals surface area contributed by atoms with Crippen molar-refractivity contribution in [3.05, 3.63) is 131 Å². The molecule has 2 amide bonds. The number of carbonyl (C=O) groups is 2. The van der Waals surface area contributed by atoms with Crippen molar-refractivity contribution in [2.45, 2.75) is 69.0 Å². The summed E-state index contributed by atoms with van der Waals surface area (Å²) in [4.78, 5) is 30.2. The molecule has 4 aromatic carbocycles. The van der Waals surface area contributed by atoms with Crippen LogP contribution in [0.4, 0.5) is 10.1 Å². The fourth-order valence-corrected chi connectivity index (χ4v) is 7.53. The molecule has 1 unspecified atom stereocenters. The van der Waals surface area contributed by atoms with E-state index in [-0.39, 0.29) is 35.5 Å². The number of sulfonamides is 1. The molecule has 47 heavy (non-hydrogen) atoms. The maximum absolute atomic E-state index is 14.6. The van der Waals surface area contributed by atoms with E-state index in [9.17, 15) is 22.4 Å². The van der Waals surface area contributed by atoms with E-state index in [2.05, 4.69) is 5.32 Å². The average molecular weight is 676 g/mol. The fourth-order valence-electron chi connectivity index (χ4n) is 5.90.